The van der Waals surface area contributed by atoms with Crippen molar-refractivity contribution in [2.75, 3.05) is 45.0 Å². The maximum Gasteiger partial charge on any atom is 0.418 e. The smallest absolute Gasteiger partial charge is 0.397 e. The van der Waals surface area contributed by atoms with Gasteiger partial charge in [-0.1, -0.05) is 12.1 Å². The number of rotatable bonds is 6. The zero-order chi connectivity index (χ0) is 32.6. The molecule has 1 aromatic heterocycles. The molecule has 10 nitrogen and oxygen atoms in total. The summed E-state index contributed by atoms with van der Waals surface area (Å²) in [6.45, 7) is 3.90. The highest BCUT2D eigenvalue weighted by molar-refractivity contribution is 9.10. The minimum Gasteiger partial charge on any atom is -0.397 e. The quantitative estimate of drug-likeness (QED) is 0.321. The lowest BCUT2D eigenvalue weighted by Crippen LogP contribution is -2.56. The van der Waals surface area contributed by atoms with Gasteiger partial charge in [0.25, 0.3) is 0 Å². The van der Waals surface area contributed by atoms with Crippen LogP contribution in [-0.2, 0) is 17.4 Å². The lowest BCUT2D eigenvalue weighted by atomic mass is 9.98. The van der Waals surface area contributed by atoms with Crippen molar-refractivity contribution in [2.24, 2.45) is 0 Å². The number of amides is 3. The summed E-state index contributed by atoms with van der Waals surface area (Å²) >= 11 is 3.14. The molecule has 4 heterocycles. The highest BCUT2D eigenvalue weighted by atomic mass is 79.9. The summed E-state index contributed by atoms with van der Waals surface area (Å²) in [6.07, 6.45) is 0.271. The average Bonchev–Trinajstić information content (AvgIpc) is 3.69. The lowest BCUT2D eigenvalue weighted by Gasteiger charge is -2.38. The molecule has 3 aliphatic heterocycles. The van der Waals surface area contributed by atoms with Crippen LogP contribution in [-0.4, -0.2) is 87.5 Å². The van der Waals surface area contributed by atoms with Crippen molar-refractivity contribution in [1.29, 1.82) is 0 Å². The molecule has 3 amide bonds. The first-order valence-corrected chi connectivity index (χ1v) is 16.7. The molecular weight excluding hydrogens is 667 g/mol. The zero-order valence-corrected chi connectivity index (χ0v) is 27.1. The normalized spacial score (nSPS) is 19.6. The van der Waals surface area contributed by atoms with Crippen molar-refractivity contribution in [3.05, 3.63) is 62.5 Å². The number of likely N-dealkylation sites (tertiary alicyclic amines) is 3. The van der Waals surface area contributed by atoms with Gasteiger partial charge in [0, 0.05) is 49.2 Å². The molecule has 248 valence electrons. The molecule has 4 N–H and O–H groups in total. The minimum atomic E-state index is -4.68. The number of nitrogens with two attached hydrogens (primary N) is 1. The van der Waals surface area contributed by atoms with Gasteiger partial charge in [-0.3, -0.25) is 9.36 Å². The van der Waals surface area contributed by atoms with Crippen molar-refractivity contribution >= 4 is 44.6 Å². The molecule has 3 aliphatic rings. The first-order valence-electron chi connectivity index (χ1n) is 15.9. The Balaban J connectivity index is 1.17. The van der Waals surface area contributed by atoms with Crippen molar-refractivity contribution < 1.29 is 22.8 Å². The van der Waals surface area contributed by atoms with Crippen LogP contribution in [0.4, 0.5) is 23.7 Å². The fourth-order valence-corrected chi connectivity index (χ4v) is 7.75. The van der Waals surface area contributed by atoms with E-state index >= 15 is 0 Å². The number of nitrogens with one attached hydrogen (secondary N) is 2. The Hall–Kier alpha value is -3.52. The third-order valence-electron chi connectivity index (χ3n) is 9.70. The number of urea groups is 1. The van der Waals surface area contributed by atoms with Crippen LogP contribution in [0.25, 0.3) is 11.0 Å². The zero-order valence-electron chi connectivity index (χ0n) is 25.5. The Morgan fingerprint density at radius 2 is 1.59 bits per heavy atom. The van der Waals surface area contributed by atoms with Crippen LogP contribution in [0.5, 0.6) is 0 Å². The van der Waals surface area contributed by atoms with Gasteiger partial charge in [-0.05, 0) is 97.4 Å². The van der Waals surface area contributed by atoms with Gasteiger partial charge in [0.2, 0.25) is 5.91 Å². The van der Waals surface area contributed by atoms with Crippen LogP contribution < -0.4 is 16.7 Å². The molecule has 14 heteroatoms. The number of para-hydroxylation sites is 2. The molecule has 3 fully saturated rings. The van der Waals surface area contributed by atoms with Gasteiger partial charge in [0.05, 0.1) is 22.3 Å². The van der Waals surface area contributed by atoms with Crippen LogP contribution in [0.2, 0.25) is 0 Å². The number of aromatic nitrogens is 2. The van der Waals surface area contributed by atoms with E-state index < -0.39 is 29.5 Å². The van der Waals surface area contributed by atoms with Gasteiger partial charge in [0.1, 0.15) is 6.04 Å². The number of nitrogen functional groups attached to an aromatic ring is 1. The van der Waals surface area contributed by atoms with E-state index in [0.29, 0.717) is 45.1 Å². The molecule has 0 aliphatic carbocycles. The Morgan fingerprint density at radius 1 is 0.957 bits per heavy atom. The first-order chi connectivity index (χ1) is 22.0. The number of nitrogens with zero attached hydrogens (tertiary/aromatic N) is 4. The molecule has 46 heavy (non-hydrogen) atoms. The van der Waals surface area contributed by atoms with Gasteiger partial charge in [-0.2, -0.15) is 13.2 Å². The first kappa shape index (κ1) is 32.4. The Kier molecular flexibility index (Phi) is 9.38. The SMILES string of the molecule is Nc1c(Br)cc(C[C@@H](NC(=O)N2CCC(n3c(=O)[nH]c4ccccc43)CC2)C(=O)N2CCC(N3CCCC3)CC2)cc1C(F)(F)F. The monoisotopic (exact) mass is 705 g/mol. The number of hydrogen-bond acceptors (Lipinski definition) is 5. The highest BCUT2D eigenvalue weighted by Crippen LogP contribution is 2.38. The molecule has 2 aromatic carbocycles. The number of H-pyrrole nitrogens is 1. The summed E-state index contributed by atoms with van der Waals surface area (Å²) in [6, 6.07) is 8.67. The van der Waals surface area contributed by atoms with E-state index in [0.717, 1.165) is 43.0 Å². The van der Waals surface area contributed by atoms with Crippen molar-refractivity contribution in [2.45, 2.75) is 69.2 Å². The molecule has 0 saturated carbocycles. The fraction of sp³-hybridized carbons (Fsp3) is 0.531. The van der Waals surface area contributed by atoms with Crippen LogP contribution in [0.1, 0.15) is 55.7 Å². The topological polar surface area (TPSA) is 120 Å². The van der Waals surface area contributed by atoms with Crippen molar-refractivity contribution in [3.8, 4) is 0 Å². The molecule has 3 saturated heterocycles. The highest BCUT2D eigenvalue weighted by Gasteiger charge is 2.37. The Labute approximate surface area is 273 Å². The maximum atomic E-state index is 13.9. The van der Waals surface area contributed by atoms with Gasteiger partial charge in [-0.25, -0.2) is 9.59 Å². The van der Waals surface area contributed by atoms with E-state index in [2.05, 4.69) is 31.1 Å². The van der Waals surface area contributed by atoms with Gasteiger partial charge >= 0.3 is 17.9 Å². The van der Waals surface area contributed by atoms with Crippen LogP contribution >= 0.6 is 15.9 Å². The second-order valence-electron chi connectivity index (χ2n) is 12.6. The van der Waals surface area contributed by atoms with Crippen LogP contribution in [0, 0.1) is 0 Å². The van der Waals surface area contributed by atoms with Crippen LogP contribution in [0.15, 0.2) is 45.7 Å². The minimum absolute atomic E-state index is 0.0795. The standard InChI is InChI=1S/C32H39BrF3N7O3/c33-24-18-20(17-23(28(24)37)32(34,35)36)19-26(29(44)41-13-7-21(8-14-41)40-11-3-4-12-40)39-30(45)42-15-9-22(10-16-42)43-27-6-2-1-5-25(27)38-31(43)46/h1-2,5-6,17-18,21-22,26H,3-4,7-16,19,37H2,(H,38,46)(H,39,45)/t26-/m1/s1. The molecule has 6 rings (SSSR count). The largest absolute Gasteiger partial charge is 0.418 e. The maximum absolute atomic E-state index is 13.9. The van der Waals surface area contributed by atoms with E-state index in [1.165, 1.54) is 18.9 Å². The summed E-state index contributed by atoms with van der Waals surface area (Å²) in [7, 11) is 0. The number of piperidine rings is 2. The number of benzene rings is 2. The average molecular weight is 707 g/mol. The molecule has 0 unspecified atom stereocenters. The number of carbonyl (C=O) groups excluding carboxylic acids is 2. The summed E-state index contributed by atoms with van der Waals surface area (Å²) in [5.74, 6) is -0.310. The summed E-state index contributed by atoms with van der Waals surface area (Å²) in [5.41, 5.74) is 5.91. The summed E-state index contributed by atoms with van der Waals surface area (Å²) < 4.78 is 43.2. The number of hydrogen-bond donors (Lipinski definition) is 3. The fourth-order valence-electron chi connectivity index (χ4n) is 7.24. The third kappa shape index (κ3) is 6.78. The number of alkyl halides is 3. The van der Waals surface area contributed by atoms with E-state index in [-0.39, 0.29) is 34.1 Å². The van der Waals surface area contributed by atoms with Crippen molar-refractivity contribution in [1.82, 2.24) is 29.6 Å². The number of carbonyl (C=O) groups is 2. The third-order valence-corrected chi connectivity index (χ3v) is 10.4. The van der Waals surface area contributed by atoms with Crippen molar-refractivity contribution in [3.63, 3.8) is 0 Å². The molecule has 1 atom stereocenters. The predicted molar refractivity (Wildman–Crippen MR) is 172 cm³/mol. The lowest BCUT2D eigenvalue weighted by molar-refractivity contribution is -0.137. The van der Waals surface area contributed by atoms with Crippen LogP contribution in [0.3, 0.4) is 0 Å². The second kappa shape index (κ2) is 13.3. The number of imidazole rings is 1. The number of anilines is 1. The number of fused-ring (bicyclic) bond motifs is 1. The molecule has 3 aromatic rings. The molecule has 0 bridgehead atoms. The summed E-state index contributed by atoms with van der Waals surface area (Å²) in [5, 5.41) is 2.86. The van der Waals surface area contributed by atoms with E-state index in [9.17, 15) is 27.6 Å². The predicted octanol–water partition coefficient (Wildman–Crippen LogP) is 4.74. The Morgan fingerprint density at radius 3 is 2.26 bits per heavy atom. The van der Waals surface area contributed by atoms with Gasteiger partial charge in [0.15, 0.2) is 0 Å². The Bertz CT molecular complexity index is 1640. The summed E-state index contributed by atoms with van der Waals surface area (Å²) in [4.78, 5) is 48.9. The molecule has 0 spiro atoms. The number of halogens is 4. The second-order valence-corrected chi connectivity index (χ2v) is 13.4. The number of aromatic amines is 1. The van der Waals surface area contributed by atoms with E-state index in [1.807, 2.05) is 24.3 Å². The molecule has 0 radical (unpaired) electrons. The van der Waals surface area contributed by atoms with Gasteiger partial charge < -0.3 is 30.7 Å². The van der Waals surface area contributed by atoms with E-state index in [4.69, 9.17) is 5.73 Å². The van der Waals surface area contributed by atoms with E-state index in [1.54, 1.807) is 14.4 Å². The van der Waals surface area contributed by atoms with Gasteiger partial charge in [-0.15, -0.1) is 0 Å². The molecular formula is C32H39BrF3N7O3.